The number of carbonyl (C=O) groups is 2. The van der Waals surface area contributed by atoms with E-state index >= 15 is 0 Å². The number of aryl methyl sites for hydroxylation is 2. The van der Waals surface area contributed by atoms with Crippen LogP contribution < -0.4 is 5.32 Å². The Kier molecular flexibility index (Phi) is 9.52. The molecular formula is C38H44ClN5O2. The Morgan fingerprint density at radius 2 is 1.65 bits per heavy atom. The number of hydrogen-bond donors (Lipinski definition) is 3. The summed E-state index contributed by atoms with van der Waals surface area (Å²) in [5, 5.41) is 6.41. The van der Waals surface area contributed by atoms with Gasteiger partial charge < -0.3 is 20.2 Å². The SMILES string of the molecule is CC(=O)N(Cc1cc(C)c(C)c(C)c1)C[C@@H](Cc1c[nH]c2ccccc12)NC(=O)CN1CCC(c2c[nH]c3ccc(Cl)cc23)CC1. The van der Waals surface area contributed by atoms with E-state index < -0.39 is 0 Å². The molecule has 2 amide bonds. The lowest BCUT2D eigenvalue weighted by atomic mass is 9.89. The van der Waals surface area contributed by atoms with Crippen LogP contribution in [0.1, 0.15) is 59.1 Å². The number of piperidine rings is 1. The largest absolute Gasteiger partial charge is 0.361 e. The van der Waals surface area contributed by atoms with E-state index in [0.717, 1.165) is 58.5 Å². The third-order valence-electron chi connectivity index (χ3n) is 9.82. The number of hydrogen-bond acceptors (Lipinski definition) is 3. The van der Waals surface area contributed by atoms with E-state index in [1.165, 1.54) is 27.6 Å². The van der Waals surface area contributed by atoms with Crippen molar-refractivity contribution < 1.29 is 9.59 Å². The van der Waals surface area contributed by atoms with Gasteiger partial charge in [-0.1, -0.05) is 41.9 Å². The Balaban J connectivity index is 1.14. The molecule has 5 aromatic rings. The number of halogens is 1. The minimum absolute atomic E-state index is 0.00491. The molecule has 0 unspecified atom stereocenters. The standard InChI is InChI=1S/C38H44ClN5O2/c1-24-15-28(16-25(2)26(24)3)21-44(27(4)45)22-32(17-30-19-40-36-8-6-5-7-33(30)36)42-38(46)23-43-13-11-29(12-14-43)35-20-41-37-10-9-31(39)18-34(35)37/h5-10,15-16,18-20,29,32,40-41H,11-14,17,21-23H2,1-4H3,(H,42,46)/t32-/m1/s1. The van der Waals surface area contributed by atoms with Gasteiger partial charge in [0.05, 0.1) is 12.6 Å². The number of nitrogens with one attached hydrogen (secondary N) is 3. The number of aromatic amines is 2. The van der Waals surface area contributed by atoms with Gasteiger partial charge in [0.25, 0.3) is 0 Å². The molecule has 1 aliphatic heterocycles. The number of benzene rings is 3. The molecule has 7 nitrogen and oxygen atoms in total. The van der Waals surface area contributed by atoms with Gasteiger partial charge in [-0.25, -0.2) is 0 Å². The quantitative estimate of drug-likeness (QED) is 0.152. The molecule has 1 atom stereocenters. The molecule has 3 N–H and O–H groups in total. The van der Waals surface area contributed by atoms with Crippen LogP contribution in [0.5, 0.6) is 0 Å². The molecule has 0 spiro atoms. The summed E-state index contributed by atoms with van der Waals surface area (Å²) < 4.78 is 0. The summed E-state index contributed by atoms with van der Waals surface area (Å²) in [6.07, 6.45) is 6.73. The number of fused-ring (bicyclic) bond motifs is 2. The third-order valence-corrected chi connectivity index (χ3v) is 10.1. The highest BCUT2D eigenvalue weighted by Crippen LogP contribution is 2.34. The normalized spacial score (nSPS) is 15.0. The predicted octanol–water partition coefficient (Wildman–Crippen LogP) is 7.18. The van der Waals surface area contributed by atoms with E-state index in [2.05, 4.69) is 71.4 Å². The number of aromatic nitrogens is 2. The molecule has 0 radical (unpaired) electrons. The summed E-state index contributed by atoms with van der Waals surface area (Å²) in [5.74, 6) is 0.418. The molecule has 6 rings (SSSR count). The smallest absolute Gasteiger partial charge is 0.234 e. The van der Waals surface area contributed by atoms with Crippen LogP contribution in [-0.4, -0.2) is 63.8 Å². The van der Waals surface area contributed by atoms with Crippen LogP contribution >= 0.6 is 11.6 Å². The first-order valence-corrected chi connectivity index (χ1v) is 16.7. The van der Waals surface area contributed by atoms with Crippen molar-refractivity contribution in [2.75, 3.05) is 26.2 Å². The molecule has 240 valence electrons. The van der Waals surface area contributed by atoms with E-state index in [0.29, 0.717) is 32.0 Å². The van der Waals surface area contributed by atoms with Crippen LogP contribution in [0.2, 0.25) is 5.02 Å². The molecule has 3 aromatic carbocycles. The molecular weight excluding hydrogens is 594 g/mol. The maximum absolute atomic E-state index is 13.6. The summed E-state index contributed by atoms with van der Waals surface area (Å²) in [4.78, 5) is 37.4. The van der Waals surface area contributed by atoms with Crippen LogP contribution in [-0.2, 0) is 22.6 Å². The van der Waals surface area contributed by atoms with Crippen LogP contribution in [0.4, 0.5) is 0 Å². The molecule has 1 aliphatic rings. The van der Waals surface area contributed by atoms with E-state index in [1.807, 2.05) is 41.4 Å². The highest BCUT2D eigenvalue weighted by atomic mass is 35.5. The highest BCUT2D eigenvalue weighted by molar-refractivity contribution is 6.31. The van der Waals surface area contributed by atoms with Gasteiger partial charge in [0, 0.05) is 59.2 Å². The molecule has 0 aliphatic carbocycles. The lowest BCUT2D eigenvalue weighted by Gasteiger charge is -2.32. The van der Waals surface area contributed by atoms with Gasteiger partial charge >= 0.3 is 0 Å². The molecule has 46 heavy (non-hydrogen) atoms. The summed E-state index contributed by atoms with van der Waals surface area (Å²) in [7, 11) is 0. The second kappa shape index (κ2) is 13.7. The monoisotopic (exact) mass is 637 g/mol. The zero-order valence-electron chi connectivity index (χ0n) is 27.3. The maximum atomic E-state index is 13.6. The molecule has 8 heteroatoms. The average molecular weight is 638 g/mol. The lowest BCUT2D eigenvalue weighted by molar-refractivity contribution is -0.131. The van der Waals surface area contributed by atoms with Gasteiger partial charge in [0.2, 0.25) is 11.8 Å². The highest BCUT2D eigenvalue weighted by Gasteiger charge is 2.26. The predicted molar refractivity (Wildman–Crippen MR) is 187 cm³/mol. The summed E-state index contributed by atoms with van der Waals surface area (Å²) in [6, 6.07) is 18.3. The molecule has 0 bridgehead atoms. The van der Waals surface area contributed by atoms with E-state index in [-0.39, 0.29) is 17.9 Å². The number of amides is 2. The van der Waals surface area contributed by atoms with Crippen molar-refractivity contribution in [1.82, 2.24) is 25.1 Å². The fourth-order valence-corrected chi connectivity index (χ4v) is 7.24. The number of likely N-dealkylation sites (tertiary alicyclic amines) is 1. The Hall–Kier alpha value is -4.07. The molecule has 2 aromatic heterocycles. The van der Waals surface area contributed by atoms with Crippen LogP contribution in [0.3, 0.4) is 0 Å². The fraction of sp³-hybridized carbons (Fsp3) is 0.368. The van der Waals surface area contributed by atoms with Gasteiger partial charge in [0.15, 0.2) is 0 Å². The van der Waals surface area contributed by atoms with Crippen molar-refractivity contribution in [2.24, 2.45) is 0 Å². The van der Waals surface area contributed by atoms with Crippen molar-refractivity contribution in [3.8, 4) is 0 Å². The topological polar surface area (TPSA) is 84.2 Å². The lowest BCUT2D eigenvalue weighted by Crippen LogP contribution is -2.49. The number of rotatable bonds is 10. The zero-order chi connectivity index (χ0) is 32.4. The second-order valence-electron chi connectivity index (χ2n) is 13.1. The van der Waals surface area contributed by atoms with Gasteiger partial charge in [-0.05, 0) is 117 Å². The van der Waals surface area contributed by atoms with Gasteiger partial charge in [-0.2, -0.15) is 0 Å². The molecule has 0 saturated carbocycles. The van der Waals surface area contributed by atoms with E-state index in [1.54, 1.807) is 6.92 Å². The van der Waals surface area contributed by atoms with Crippen LogP contribution in [0.15, 0.2) is 67.0 Å². The minimum atomic E-state index is -0.239. The summed E-state index contributed by atoms with van der Waals surface area (Å²) >= 11 is 6.30. The first kappa shape index (κ1) is 31.9. The fourth-order valence-electron chi connectivity index (χ4n) is 7.07. The van der Waals surface area contributed by atoms with Crippen LogP contribution in [0, 0.1) is 20.8 Å². The van der Waals surface area contributed by atoms with Crippen molar-refractivity contribution in [3.05, 3.63) is 105 Å². The maximum Gasteiger partial charge on any atom is 0.234 e. The van der Waals surface area contributed by atoms with Gasteiger partial charge in [0.1, 0.15) is 0 Å². The Labute approximate surface area is 276 Å². The first-order chi connectivity index (χ1) is 22.1. The summed E-state index contributed by atoms with van der Waals surface area (Å²) in [5.41, 5.74) is 9.44. The Morgan fingerprint density at radius 3 is 2.39 bits per heavy atom. The minimum Gasteiger partial charge on any atom is -0.361 e. The van der Waals surface area contributed by atoms with Crippen molar-refractivity contribution in [1.29, 1.82) is 0 Å². The van der Waals surface area contributed by atoms with Crippen LogP contribution in [0.25, 0.3) is 21.8 Å². The molecule has 3 heterocycles. The number of carbonyl (C=O) groups excluding carboxylic acids is 2. The van der Waals surface area contributed by atoms with E-state index in [4.69, 9.17) is 11.6 Å². The zero-order valence-corrected chi connectivity index (χ0v) is 28.0. The van der Waals surface area contributed by atoms with Crippen molar-refractivity contribution in [2.45, 2.75) is 65.5 Å². The molecule has 1 saturated heterocycles. The van der Waals surface area contributed by atoms with E-state index in [9.17, 15) is 9.59 Å². The Bertz CT molecular complexity index is 1840. The molecule has 1 fully saturated rings. The number of para-hydroxylation sites is 1. The van der Waals surface area contributed by atoms with Crippen molar-refractivity contribution in [3.63, 3.8) is 0 Å². The average Bonchev–Trinajstić information content (AvgIpc) is 3.63. The van der Waals surface area contributed by atoms with Gasteiger partial charge in [-0.3, -0.25) is 14.5 Å². The Morgan fingerprint density at radius 1 is 0.957 bits per heavy atom. The summed E-state index contributed by atoms with van der Waals surface area (Å²) in [6.45, 7) is 10.9. The third kappa shape index (κ3) is 7.16. The second-order valence-corrected chi connectivity index (χ2v) is 13.5. The number of nitrogens with zero attached hydrogens (tertiary/aromatic N) is 2. The van der Waals surface area contributed by atoms with Gasteiger partial charge in [-0.15, -0.1) is 0 Å². The van der Waals surface area contributed by atoms with Crippen molar-refractivity contribution >= 4 is 45.2 Å². The number of H-pyrrole nitrogens is 2. The first-order valence-electron chi connectivity index (χ1n) is 16.3.